The number of carboxylic acid groups (broad SMARTS) is 1. The lowest BCUT2D eigenvalue weighted by Crippen LogP contribution is -1.94. The third kappa shape index (κ3) is 2.08. The van der Waals surface area contributed by atoms with Crippen molar-refractivity contribution in [1.82, 2.24) is 4.98 Å². The van der Waals surface area contributed by atoms with E-state index in [1.807, 2.05) is 6.07 Å². The van der Waals surface area contributed by atoms with Gasteiger partial charge in [0.05, 0.1) is 12.8 Å². The van der Waals surface area contributed by atoms with Crippen molar-refractivity contribution in [3.63, 3.8) is 0 Å². The van der Waals surface area contributed by atoms with Gasteiger partial charge in [-0.05, 0) is 30.4 Å². The number of oxazole rings is 1. The first-order valence-corrected chi connectivity index (χ1v) is 5.90. The fourth-order valence-electron chi connectivity index (χ4n) is 2.08. The molecule has 1 heterocycles. The summed E-state index contributed by atoms with van der Waals surface area (Å²) in [5, 5.41) is 8.83. The van der Waals surface area contributed by atoms with Gasteiger partial charge in [0.25, 0.3) is 0 Å². The average Bonchev–Trinajstić information content (AvgIpc) is 3.14. The number of carboxylic acids is 1. The van der Waals surface area contributed by atoms with Crippen molar-refractivity contribution in [3.05, 3.63) is 47.3 Å². The van der Waals surface area contributed by atoms with Crippen LogP contribution in [0.25, 0.3) is 16.2 Å². The standard InChI is InChI=1S/C14H10N2O3/c1-15-9-4-5-10(8-2-3-8)11(6-9)12-7-16-13(19-12)14(17)18/h4-8H,2-3H2,(H,17,18). The van der Waals surface area contributed by atoms with E-state index in [4.69, 9.17) is 16.1 Å². The number of aromatic carboxylic acids is 1. The maximum absolute atomic E-state index is 10.8. The van der Waals surface area contributed by atoms with Gasteiger partial charge in [0, 0.05) is 5.56 Å². The van der Waals surface area contributed by atoms with Crippen LogP contribution in [0.4, 0.5) is 5.69 Å². The normalized spacial score (nSPS) is 14.1. The summed E-state index contributed by atoms with van der Waals surface area (Å²) in [4.78, 5) is 17.9. The van der Waals surface area contributed by atoms with Gasteiger partial charge in [-0.25, -0.2) is 14.6 Å². The van der Waals surface area contributed by atoms with Gasteiger partial charge in [0.2, 0.25) is 0 Å². The number of aromatic nitrogens is 1. The monoisotopic (exact) mass is 254 g/mol. The van der Waals surface area contributed by atoms with Crippen molar-refractivity contribution in [2.45, 2.75) is 18.8 Å². The van der Waals surface area contributed by atoms with Crippen molar-refractivity contribution < 1.29 is 14.3 Å². The Balaban J connectivity index is 2.10. The molecule has 1 aromatic carbocycles. The van der Waals surface area contributed by atoms with Crippen LogP contribution < -0.4 is 0 Å². The molecule has 0 bridgehead atoms. The SMILES string of the molecule is [C-]#[N+]c1ccc(C2CC2)c(-c2cnc(C(=O)O)o2)c1. The third-order valence-electron chi connectivity index (χ3n) is 3.14. The van der Waals surface area contributed by atoms with Gasteiger partial charge >= 0.3 is 11.9 Å². The van der Waals surface area contributed by atoms with Crippen molar-refractivity contribution >= 4 is 11.7 Å². The summed E-state index contributed by atoms with van der Waals surface area (Å²) >= 11 is 0. The minimum Gasteiger partial charge on any atom is -0.474 e. The van der Waals surface area contributed by atoms with Crippen molar-refractivity contribution in [3.8, 4) is 11.3 Å². The zero-order valence-electron chi connectivity index (χ0n) is 9.96. The Morgan fingerprint density at radius 3 is 2.84 bits per heavy atom. The predicted molar refractivity (Wildman–Crippen MR) is 67.1 cm³/mol. The Bertz CT molecular complexity index is 693. The lowest BCUT2D eigenvalue weighted by Gasteiger charge is -2.06. The summed E-state index contributed by atoms with van der Waals surface area (Å²) in [5.41, 5.74) is 2.38. The molecule has 1 fully saturated rings. The van der Waals surface area contributed by atoms with Crippen LogP contribution in [0.3, 0.4) is 0 Å². The summed E-state index contributed by atoms with van der Waals surface area (Å²) in [6.45, 7) is 7.05. The molecule has 1 aliphatic carbocycles. The van der Waals surface area contributed by atoms with Gasteiger partial charge in [-0.15, -0.1) is 0 Å². The molecule has 0 aliphatic heterocycles. The number of hydrogen-bond acceptors (Lipinski definition) is 3. The first-order valence-electron chi connectivity index (χ1n) is 5.90. The summed E-state index contributed by atoms with van der Waals surface area (Å²) < 4.78 is 5.24. The Kier molecular flexibility index (Phi) is 2.57. The molecule has 0 atom stereocenters. The molecule has 0 spiro atoms. The second-order valence-electron chi connectivity index (χ2n) is 4.49. The van der Waals surface area contributed by atoms with E-state index in [9.17, 15) is 4.79 Å². The fourth-order valence-corrected chi connectivity index (χ4v) is 2.08. The second kappa shape index (κ2) is 4.25. The Labute approximate surface area is 109 Å². The molecular formula is C14H10N2O3. The van der Waals surface area contributed by atoms with Crippen molar-refractivity contribution in [1.29, 1.82) is 0 Å². The Morgan fingerprint density at radius 2 is 2.26 bits per heavy atom. The maximum Gasteiger partial charge on any atom is 0.392 e. The summed E-state index contributed by atoms with van der Waals surface area (Å²) in [7, 11) is 0. The lowest BCUT2D eigenvalue weighted by molar-refractivity contribution is 0.0654. The zero-order valence-corrected chi connectivity index (χ0v) is 9.96. The van der Waals surface area contributed by atoms with E-state index in [0.29, 0.717) is 17.4 Å². The van der Waals surface area contributed by atoms with Crippen molar-refractivity contribution in [2.75, 3.05) is 0 Å². The quantitative estimate of drug-likeness (QED) is 0.851. The first kappa shape index (κ1) is 11.5. The summed E-state index contributed by atoms with van der Waals surface area (Å²) in [5.74, 6) is -0.636. The molecule has 2 aromatic rings. The topological polar surface area (TPSA) is 67.7 Å². The van der Waals surface area contributed by atoms with Crippen LogP contribution in [0, 0.1) is 6.57 Å². The van der Waals surface area contributed by atoms with Gasteiger partial charge in [0.15, 0.2) is 11.4 Å². The molecule has 0 unspecified atom stereocenters. The van der Waals surface area contributed by atoms with Gasteiger partial charge in [-0.2, -0.15) is 0 Å². The molecule has 3 rings (SSSR count). The van der Waals surface area contributed by atoms with E-state index < -0.39 is 5.97 Å². The highest BCUT2D eigenvalue weighted by Gasteiger charge is 2.27. The van der Waals surface area contributed by atoms with Crippen LogP contribution in [-0.4, -0.2) is 16.1 Å². The smallest absolute Gasteiger partial charge is 0.392 e. The summed E-state index contributed by atoms with van der Waals surface area (Å²) in [6, 6.07) is 5.43. The number of benzene rings is 1. The van der Waals surface area contributed by atoms with Crippen LogP contribution in [0.1, 0.15) is 35.0 Å². The highest BCUT2D eigenvalue weighted by Crippen LogP contribution is 2.45. The van der Waals surface area contributed by atoms with Crippen LogP contribution >= 0.6 is 0 Å². The Morgan fingerprint density at radius 1 is 1.47 bits per heavy atom. The minimum atomic E-state index is -1.19. The van der Waals surface area contributed by atoms with Crippen LogP contribution in [0.2, 0.25) is 0 Å². The molecular weight excluding hydrogens is 244 g/mol. The van der Waals surface area contributed by atoms with E-state index in [1.54, 1.807) is 12.1 Å². The second-order valence-corrected chi connectivity index (χ2v) is 4.49. The molecule has 94 valence electrons. The van der Waals surface area contributed by atoms with E-state index in [1.165, 1.54) is 6.20 Å². The third-order valence-corrected chi connectivity index (χ3v) is 3.14. The number of carbonyl (C=O) groups is 1. The van der Waals surface area contributed by atoms with Gasteiger partial charge < -0.3 is 9.52 Å². The first-order chi connectivity index (χ1) is 9.19. The van der Waals surface area contributed by atoms with Crippen LogP contribution in [-0.2, 0) is 0 Å². The van der Waals surface area contributed by atoms with E-state index in [0.717, 1.165) is 24.0 Å². The minimum absolute atomic E-state index is 0.329. The van der Waals surface area contributed by atoms with Crippen molar-refractivity contribution in [2.24, 2.45) is 0 Å². The van der Waals surface area contributed by atoms with E-state index >= 15 is 0 Å². The number of nitrogens with zero attached hydrogens (tertiary/aromatic N) is 2. The highest BCUT2D eigenvalue weighted by molar-refractivity contribution is 5.83. The van der Waals surface area contributed by atoms with E-state index in [2.05, 4.69) is 9.83 Å². The molecule has 19 heavy (non-hydrogen) atoms. The lowest BCUT2D eigenvalue weighted by atomic mass is 10.0. The maximum atomic E-state index is 10.8. The largest absolute Gasteiger partial charge is 0.474 e. The van der Waals surface area contributed by atoms with Gasteiger partial charge in [0.1, 0.15) is 0 Å². The molecule has 0 radical (unpaired) electrons. The highest BCUT2D eigenvalue weighted by atomic mass is 16.4. The molecule has 0 saturated heterocycles. The van der Waals surface area contributed by atoms with Gasteiger partial charge in [-0.1, -0.05) is 12.1 Å². The van der Waals surface area contributed by atoms with E-state index in [-0.39, 0.29) is 5.89 Å². The van der Waals surface area contributed by atoms with Crippen LogP contribution in [0.5, 0.6) is 0 Å². The number of hydrogen-bond donors (Lipinski definition) is 1. The predicted octanol–water partition coefficient (Wildman–Crippen LogP) is 3.47. The Hall–Kier alpha value is -2.61. The summed E-state index contributed by atoms with van der Waals surface area (Å²) in [6.07, 6.45) is 3.63. The molecule has 1 N–H and O–H groups in total. The molecule has 5 nitrogen and oxygen atoms in total. The molecule has 0 amide bonds. The molecule has 1 saturated carbocycles. The molecule has 1 aliphatic rings. The molecule has 5 heteroatoms. The van der Waals surface area contributed by atoms with Crippen LogP contribution in [0.15, 0.2) is 28.8 Å². The van der Waals surface area contributed by atoms with Gasteiger partial charge in [-0.3, -0.25) is 0 Å². The fraction of sp³-hybridized carbons (Fsp3) is 0.214. The average molecular weight is 254 g/mol. The zero-order chi connectivity index (χ0) is 13.4. The molecule has 1 aromatic heterocycles. The number of rotatable bonds is 3.